The van der Waals surface area contributed by atoms with Crippen molar-refractivity contribution in [1.82, 2.24) is 0 Å². The molecule has 0 N–H and O–H groups in total. The zero-order valence-electron chi connectivity index (χ0n) is 20.7. The van der Waals surface area contributed by atoms with Gasteiger partial charge in [0.05, 0.1) is 17.5 Å². The molecule has 1 heterocycles. The highest BCUT2D eigenvalue weighted by Gasteiger charge is 2.57. The monoisotopic (exact) mass is 484 g/mol. The Kier molecular flexibility index (Phi) is 11.4. The number of allylic oxidation sites excluding steroid dienone is 4. The molecular formula is C27H42Cl2O3. The van der Waals surface area contributed by atoms with E-state index in [-0.39, 0.29) is 28.0 Å². The molecule has 0 aromatic carbocycles. The highest BCUT2D eigenvalue weighted by Crippen LogP contribution is 2.53. The number of ketones is 2. The van der Waals surface area contributed by atoms with Crippen molar-refractivity contribution in [3.63, 3.8) is 0 Å². The van der Waals surface area contributed by atoms with Gasteiger partial charge >= 0.3 is 0 Å². The summed E-state index contributed by atoms with van der Waals surface area (Å²) in [5.74, 6) is 1.69. The molecule has 1 aliphatic heterocycles. The number of Topliss-reactive ketones (excluding diaryl/α,β-unsaturated/α-hetero) is 2. The summed E-state index contributed by atoms with van der Waals surface area (Å²) < 4.78 is 5.61. The molecule has 1 saturated heterocycles. The fraction of sp³-hybridized carbons (Fsp3) is 0.704. The van der Waals surface area contributed by atoms with Gasteiger partial charge in [-0.15, -0.1) is 36.4 Å². The van der Waals surface area contributed by atoms with E-state index in [1.807, 2.05) is 0 Å². The maximum Gasteiger partial charge on any atom is 0.140 e. The molecule has 6 atom stereocenters. The number of hydrogen-bond donors (Lipinski definition) is 0. The molecule has 1 saturated carbocycles. The topological polar surface area (TPSA) is 46.7 Å². The second kappa shape index (κ2) is 12.5. The van der Waals surface area contributed by atoms with E-state index in [0.29, 0.717) is 48.5 Å². The SMILES string of the molecule is C=CCC(=O)C1C(C)C2OC2CC1(C)C.C=CCC(=O)C1C(C)C=CCC1(C)C.ClCCl. The van der Waals surface area contributed by atoms with Crippen molar-refractivity contribution in [1.29, 1.82) is 0 Å². The van der Waals surface area contributed by atoms with Crippen LogP contribution in [0, 0.1) is 34.5 Å². The number of carbonyl (C=O) groups excluding carboxylic acids is 2. The number of hydrogen-bond acceptors (Lipinski definition) is 3. The van der Waals surface area contributed by atoms with Gasteiger partial charge in [0.1, 0.15) is 11.6 Å². The molecule has 2 aliphatic carbocycles. The Morgan fingerprint density at radius 2 is 1.50 bits per heavy atom. The van der Waals surface area contributed by atoms with Crippen LogP contribution in [0.1, 0.15) is 67.2 Å². The lowest BCUT2D eigenvalue weighted by atomic mass is 9.62. The summed E-state index contributed by atoms with van der Waals surface area (Å²) in [4.78, 5) is 24.0. The third-order valence-corrected chi connectivity index (χ3v) is 7.07. The first-order chi connectivity index (χ1) is 14.9. The Balaban J connectivity index is 0.000000286. The van der Waals surface area contributed by atoms with Gasteiger partial charge in [-0.3, -0.25) is 9.59 Å². The summed E-state index contributed by atoms with van der Waals surface area (Å²) in [5, 5.41) is 0.194. The number of alkyl halides is 2. The Morgan fingerprint density at radius 1 is 1.00 bits per heavy atom. The van der Waals surface area contributed by atoms with Gasteiger partial charge in [0.25, 0.3) is 0 Å². The first-order valence-corrected chi connectivity index (χ1v) is 12.7. The maximum atomic E-state index is 12.1. The number of fused-ring (bicyclic) bond motifs is 1. The van der Waals surface area contributed by atoms with Gasteiger partial charge in [0.15, 0.2) is 0 Å². The van der Waals surface area contributed by atoms with Crippen molar-refractivity contribution in [3.8, 4) is 0 Å². The minimum Gasteiger partial charge on any atom is -0.369 e. The van der Waals surface area contributed by atoms with Crippen molar-refractivity contribution in [2.45, 2.75) is 79.4 Å². The summed E-state index contributed by atoms with van der Waals surface area (Å²) in [6.45, 7) is 20.3. The minimum absolute atomic E-state index is 0.0805. The number of epoxide rings is 1. The van der Waals surface area contributed by atoms with E-state index < -0.39 is 0 Å². The zero-order valence-corrected chi connectivity index (χ0v) is 22.2. The molecule has 0 bridgehead atoms. The van der Waals surface area contributed by atoms with E-state index in [4.69, 9.17) is 27.9 Å². The molecule has 3 nitrogen and oxygen atoms in total. The fourth-order valence-corrected chi connectivity index (χ4v) is 5.86. The number of ether oxygens (including phenoxy) is 1. The van der Waals surface area contributed by atoms with E-state index in [0.717, 1.165) is 12.8 Å². The summed E-state index contributed by atoms with van der Waals surface area (Å²) in [6, 6.07) is 0. The lowest BCUT2D eigenvalue weighted by Gasteiger charge is -2.39. The second-order valence-electron chi connectivity index (χ2n) is 10.6. The van der Waals surface area contributed by atoms with Crippen LogP contribution in [-0.4, -0.2) is 29.1 Å². The summed E-state index contributed by atoms with van der Waals surface area (Å²) >= 11 is 9.53. The lowest BCUT2D eigenvalue weighted by Crippen LogP contribution is -2.42. The summed E-state index contributed by atoms with van der Waals surface area (Å²) in [6.07, 6.45) is 11.6. The number of rotatable bonds is 6. The molecule has 5 heteroatoms. The highest BCUT2D eigenvalue weighted by molar-refractivity contribution is 6.40. The predicted molar refractivity (Wildman–Crippen MR) is 136 cm³/mol. The molecule has 182 valence electrons. The van der Waals surface area contributed by atoms with Gasteiger partial charge in [-0.1, -0.05) is 65.8 Å². The third-order valence-electron chi connectivity index (χ3n) is 7.07. The molecule has 0 spiro atoms. The predicted octanol–water partition coefficient (Wildman–Crippen LogP) is 7.37. The summed E-state index contributed by atoms with van der Waals surface area (Å²) in [5.41, 5.74) is 0.186. The van der Waals surface area contributed by atoms with Crippen LogP contribution in [0.5, 0.6) is 0 Å². The second-order valence-corrected chi connectivity index (χ2v) is 11.5. The van der Waals surface area contributed by atoms with E-state index in [1.165, 1.54) is 0 Å². The molecule has 32 heavy (non-hydrogen) atoms. The first-order valence-electron chi connectivity index (χ1n) is 11.6. The maximum absolute atomic E-state index is 12.1. The van der Waals surface area contributed by atoms with Crippen LogP contribution >= 0.6 is 23.2 Å². The van der Waals surface area contributed by atoms with E-state index in [9.17, 15) is 9.59 Å². The van der Waals surface area contributed by atoms with Crippen LogP contribution in [-0.2, 0) is 14.3 Å². The molecule has 3 aliphatic rings. The normalized spacial score (nSPS) is 33.2. The largest absolute Gasteiger partial charge is 0.369 e. The van der Waals surface area contributed by atoms with Crippen LogP contribution in [0.15, 0.2) is 37.5 Å². The molecule has 0 aromatic heterocycles. The van der Waals surface area contributed by atoms with Crippen LogP contribution in [0.4, 0.5) is 0 Å². The molecule has 0 radical (unpaired) electrons. The van der Waals surface area contributed by atoms with Crippen LogP contribution in [0.3, 0.4) is 0 Å². The smallest absolute Gasteiger partial charge is 0.140 e. The Morgan fingerprint density at radius 3 is 1.97 bits per heavy atom. The van der Waals surface area contributed by atoms with E-state index in [1.54, 1.807) is 12.2 Å². The molecule has 3 rings (SSSR count). The molecule has 6 unspecified atom stereocenters. The highest BCUT2D eigenvalue weighted by atomic mass is 35.5. The fourth-order valence-electron chi connectivity index (χ4n) is 5.86. The van der Waals surface area contributed by atoms with Crippen LogP contribution in [0.25, 0.3) is 0 Å². The zero-order chi connectivity index (χ0) is 24.7. The first kappa shape index (κ1) is 29.1. The van der Waals surface area contributed by atoms with Gasteiger partial charge in [-0.05, 0) is 35.5 Å². The van der Waals surface area contributed by atoms with Crippen molar-refractivity contribution < 1.29 is 14.3 Å². The molecule has 2 fully saturated rings. The Bertz CT molecular complexity index is 695. The van der Waals surface area contributed by atoms with Crippen molar-refractivity contribution in [2.24, 2.45) is 34.5 Å². The minimum atomic E-state index is 0.0805. The van der Waals surface area contributed by atoms with Crippen molar-refractivity contribution >= 4 is 34.8 Å². The lowest BCUT2D eigenvalue weighted by molar-refractivity contribution is -0.129. The van der Waals surface area contributed by atoms with Gasteiger partial charge in [-0.2, -0.15) is 0 Å². The average Bonchev–Trinajstić information content (AvgIpc) is 3.41. The van der Waals surface area contributed by atoms with E-state index >= 15 is 0 Å². The average molecular weight is 486 g/mol. The van der Waals surface area contributed by atoms with Gasteiger partial charge in [-0.25, -0.2) is 0 Å². The number of carbonyl (C=O) groups is 2. The van der Waals surface area contributed by atoms with Crippen LogP contribution < -0.4 is 0 Å². The molecule has 0 aromatic rings. The molecular weight excluding hydrogens is 443 g/mol. The van der Waals surface area contributed by atoms with Crippen LogP contribution in [0.2, 0.25) is 0 Å². The standard InChI is InChI=1S/C13H20O2.C13H20O.CH2Cl2/c1-5-6-9(14)11-8(2)12-10(15-12)7-13(11,3)4;1-5-7-11(14)12-10(2)8-6-9-13(12,3)4;2-1-3/h5,8,10-12H,1,6-7H2,2-4H3;5-6,8,10,12H,1,7,9H2,2-4H3;1H2. The van der Waals surface area contributed by atoms with Crippen molar-refractivity contribution in [3.05, 3.63) is 37.5 Å². The third kappa shape index (κ3) is 7.57. The quantitative estimate of drug-likeness (QED) is 0.224. The Labute approximate surface area is 205 Å². The molecule has 0 amide bonds. The number of halogens is 2. The van der Waals surface area contributed by atoms with Gasteiger partial charge in [0.2, 0.25) is 0 Å². The van der Waals surface area contributed by atoms with Gasteiger partial charge in [0, 0.05) is 24.7 Å². The van der Waals surface area contributed by atoms with E-state index in [2.05, 4.69) is 66.9 Å². The van der Waals surface area contributed by atoms with Gasteiger partial charge < -0.3 is 4.74 Å². The van der Waals surface area contributed by atoms with Crippen molar-refractivity contribution in [2.75, 3.05) is 5.34 Å². The summed E-state index contributed by atoms with van der Waals surface area (Å²) in [7, 11) is 0. The Hall–Kier alpha value is -0.900.